The lowest BCUT2D eigenvalue weighted by atomic mass is 10.1. The van der Waals surface area contributed by atoms with Crippen molar-refractivity contribution in [2.75, 3.05) is 0 Å². The van der Waals surface area contributed by atoms with E-state index in [0.29, 0.717) is 17.3 Å². The average Bonchev–Trinajstić information content (AvgIpc) is 2.51. The van der Waals surface area contributed by atoms with Crippen molar-refractivity contribution in [1.82, 2.24) is 4.98 Å². The number of fused-ring (bicyclic) bond motifs is 1. The van der Waals surface area contributed by atoms with Gasteiger partial charge in [-0.3, -0.25) is 0 Å². The quantitative estimate of drug-likeness (QED) is 0.619. The Bertz CT molecular complexity index is 804. The van der Waals surface area contributed by atoms with Crippen LogP contribution in [0.15, 0.2) is 48.5 Å². The van der Waals surface area contributed by atoms with E-state index < -0.39 is 0 Å². The van der Waals surface area contributed by atoms with Gasteiger partial charge in [0.25, 0.3) is 0 Å². The zero-order valence-corrected chi connectivity index (χ0v) is 12.2. The maximum atomic E-state index is 14.0. The van der Waals surface area contributed by atoms with Crippen LogP contribution >= 0.6 is 11.6 Å². The summed E-state index contributed by atoms with van der Waals surface area (Å²) in [6, 6.07) is 14.4. The van der Waals surface area contributed by atoms with Crippen molar-refractivity contribution in [3.63, 3.8) is 0 Å². The van der Waals surface area contributed by atoms with Crippen LogP contribution in [0.2, 0.25) is 0 Å². The Morgan fingerprint density at radius 3 is 2.76 bits per heavy atom. The van der Waals surface area contributed by atoms with Crippen LogP contribution in [0.5, 0.6) is 11.6 Å². The summed E-state index contributed by atoms with van der Waals surface area (Å²) in [6.07, 6.45) is 0. The molecule has 1 heterocycles. The Hall–Kier alpha value is -2.13. The molecule has 0 spiro atoms. The third kappa shape index (κ3) is 2.69. The molecule has 3 rings (SSSR count). The number of alkyl halides is 1. The van der Waals surface area contributed by atoms with Crippen LogP contribution in [-0.4, -0.2) is 4.98 Å². The highest BCUT2D eigenvalue weighted by Gasteiger charge is 2.10. The summed E-state index contributed by atoms with van der Waals surface area (Å²) >= 11 is 5.98. The predicted molar refractivity (Wildman–Crippen MR) is 82.5 cm³/mol. The minimum Gasteiger partial charge on any atom is -0.436 e. The maximum Gasteiger partial charge on any atom is 0.220 e. The van der Waals surface area contributed by atoms with Crippen molar-refractivity contribution in [2.45, 2.75) is 12.8 Å². The van der Waals surface area contributed by atoms with Crippen molar-refractivity contribution >= 4 is 22.5 Å². The highest BCUT2D eigenvalue weighted by molar-refractivity contribution is 6.18. The van der Waals surface area contributed by atoms with Gasteiger partial charge in [-0.1, -0.05) is 30.3 Å². The zero-order valence-electron chi connectivity index (χ0n) is 11.4. The van der Waals surface area contributed by atoms with Crippen molar-refractivity contribution in [3.05, 3.63) is 65.5 Å². The van der Waals surface area contributed by atoms with Crippen molar-refractivity contribution in [3.8, 4) is 11.6 Å². The number of aryl methyl sites for hydroxylation is 1. The number of pyridine rings is 1. The van der Waals surface area contributed by atoms with Gasteiger partial charge in [-0.15, -0.1) is 11.6 Å². The number of hydrogen-bond acceptors (Lipinski definition) is 2. The molecule has 0 saturated heterocycles. The molecule has 0 atom stereocenters. The van der Waals surface area contributed by atoms with Crippen molar-refractivity contribution in [1.29, 1.82) is 0 Å². The highest BCUT2D eigenvalue weighted by Crippen LogP contribution is 2.29. The molecular formula is C17H13ClFNO. The van der Waals surface area contributed by atoms with E-state index in [-0.39, 0.29) is 11.6 Å². The van der Waals surface area contributed by atoms with Crippen LogP contribution < -0.4 is 4.74 Å². The Labute approximate surface area is 127 Å². The molecule has 0 aliphatic rings. The van der Waals surface area contributed by atoms with E-state index in [1.807, 2.05) is 24.3 Å². The first-order valence-electron chi connectivity index (χ1n) is 6.56. The smallest absolute Gasteiger partial charge is 0.220 e. The molecule has 3 aromatic rings. The second kappa shape index (κ2) is 5.70. The molecule has 0 radical (unpaired) electrons. The monoisotopic (exact) mass is 301 g/mol. The Morgan fingerprint density at radius 2 is 1.95 bits per heavy atom. The number of rotatable bonds is 3. The van der Waals surface area contributed by atoms with Crippen LogP contribution in [0.3, 0.4) is 0 Å². The fourth-order valence-electron chi connectivity index (χ4n) is 2.20. The molecule has 0 aliphatic heterocycles. The maximum absolute atomic E-state index is 14.0. The van der Waals surface area contributed by atoms with Gasteiger partial charge < -0.3 is 4.74 Å². The van der Waals surface area contributed by atoms with Crippen LogP contribution in [0.25, 0.3) is 10.9 Å². The number of ether oxygens (including phenoxy) is 1. The van der Waals surface area contributed by atoms with Gasteiger partial charge in [0.15, 0.2) is 11.6 Å². The lowest BCUT2D eigenvalue weighted by Crippen LogP contribution is -1.95. The summed E-state index contributed by atoms with van der Waals surface area (Å²) < 4.78 is 19.6. The summed E-state index contributed by atoms with van der Waals surface area (Å²) in [5.41, 5.74) is 2.22. The molecule has 0 amide bonds. The van der Waals surface area contributed by atoms with E-state index in [0.717, 1.165) is 16.5 Å². The summed E-state index contributed by atoms with van der Waals surface area (Å²) in [5.74, 6) is 0.474. The molecule has 0 unspecified atom stereocenters. The van der Waals surface area contributed by atoms with Gasteiger partial charge in [-0.2, -0.15) is 0 Å². The molecule has 1 aromatic heterocycles. The van der Waals surface area contributed by atoms with Gasteiger partial charge in [0.2, 0.25) is 5.88 Å². The van der Waals surface area contributed by atoms with Gasteiger partial charge in [0.1, 0.15) is 0 Å². The minimum atomic E-state index is -0.375. The summed E-state index contributed by atoms with van der Waals surface area (Å²) in [5, 5.41) is 0.976. The summed E-state index contributed by atoms with van der Waals surface area (Å²) in [7, 11) is 0. The second-order valence-electron chi connectivity index (χ2n) is 4.76. The van der Waals surface area contributed by atoms with Crippen LogP contribution in [0.4, 0.5) is 4.39 Å². The summed E-state index contributed by atoms with van der Waals surface area (Å²) in [4.78, 5) is 4.40. The number of nitrogens with zero attached hydrogens (tertiary/aromatic N) is 1. The predicted octanol–water partition coefficient (Wildman–Crippen LogP) is 5.21. The standard InChI is InChI=1S/C17H13ClFNO/c1-11-5-4-8-15(17(11)19)21-16-9-12(10-18)13-6-2-3-7-14(13)20-16/h2-9H,10H2,1H3. The SMILES string of the molecule is Cc1cccc(Oc2cc(CCl)c3ccccc3n2)c1F. The van der Waals surface area contributed by atoms with E-state index in [1.54, 1.807) is 31.2 Å². The largest absolute Gasteiger partial charge is 0.436 e. The van der Waals surface area contributed by atoms with E-state index in [2.05, 4.69) is 4.98 Å². The highest BCUT2D eigenvalue weighted by atomic mass is 35.5. The molecule has 0 fully saturated rings. The molecule has 21 heavy (non-hydrogen) atoms. The van der Waals surface area contributed by atoms with Crippen molar-refractivity contribution in [2.24, 2.45) is 0 Å². The molecule has 0 aliphatic carbocycles. The van der Waals surface area contributed by atoms with Crippen LogP contribution in [0, 0.1) is 12.7 Å². The molecular weight excluding hydrogens is 289 g/mol. The van der Waals surface area contributed by atoms with E-state index in [4.69, 9.17) is 16.3 Å². The van der Waals surface area contributed by atoms with Crippen LogP contribution in [0.1, 0.15) is 11.1 Å². The van der Waals surface area contributed by atoms with Crippen LogP contribution in [-0.2, 0) is 5.88 Å². The molecule has 2 nitrogen and oxygen atoms in total. The molecule has 0 N–H and O–H groups in total. The lowest BCUT2D eigenvalue weighted by molar-refractivity contribution is 0.427. The second-order valence-corrected chi connectivity index (χ2v) is 5.03. The minimum absolute atomic E-state index is 0.165. The first-order valence-corrected chi connectivity index (χ1v) is 7.10. The van der Waals surface area contributed by atoms with E-state index in [9.17, 15) is 4.39 Å². The Morgan fingerprint density at radius 1 is 1.14 bits per heavy atom. The number of para-hydroxylation sites is 1. The van der Waals surface area contributed by atoms with Crippen molar-refractivity contribution < 1.29 is 9.13 Å². The molecule has 0 saturated carbocycles. The van der Waals surface area contributed by atoms with Gasteiger partial charge in [-0.25, -0.2) is 9.37 Å². The van der Waals surface area contributed by atoms with Gasteiger partial charge >= 0.3 is 0 Å². The fraction of sp³-hybridized carbons (Fsp3) is 0.118. The summed E-state index contributed by atoms with van der Waals surface area (Å²) in [6.45, 7) is 1.69. The molecule has 2 aromatic carbocycles. The normalized spacial score (nSPS) is 10.8. The number of benzene rings is 2. The lowest BCUT2D eigenvalue weighted by Gasteiger charge is -2.10. The third-order valence-electron chi connectivity index (χ3n) is 3.29. The number of hydrogen-bond donors (Lipinski definition) is 0. The topological polar surface area (TPSA) is 22.1 Å². The Kier molecular flexibility index (Phi) is 3.76. The first-order chi connectivity index (χ1) is 10.2. The zero-order chi connectivity index (χ0) is 14.8. The average molecular weight is 302 g/mol. The molecule has 106 valence electrons. The molecule has 0 bridgehead atoms. The first kappa shape index (κ1) is 13.8. The Balaban J connectivity index is 2.07. The fourth-order valence-corrected chi connectivity index (χ4v) is 2.42. The third-order valence-corrected chi connectivity index (χ3v) is 3.58. The number of aromatic nitrogens is 1. The number of halogens is 2. The van der Waals surface area contributed by atoms with E-state index in [1.165, 1.54) is 0 Å². The van der Waals surface area contributed by atoms with Gasteiger partial charge in [0.05, 0.1) is 5.52 Å². The molecule has 4 heteroatoms. The van der Waals surface area contributed by atoms with E-state index >= 15 is 0 Å². The van der Waals surface area contributed by atoms with Gasteiger partial charge in [0, 0.05) is 17.3 Å². The van der Waals surface area contributed by atoms with Gasteiger partial charge in [-0.05, 0) is 30.2 Å².